The summed E-state index contributed by atoms with van der Waals surface area (Å²) in [5, 5.41) is 21.8. The predicted octanol–water partition coefficient (Wildman–Crippen LogP) is 3.34. The average Bonchev–Trinajstić information content (AvgIpc) is 3.41. The van der Waals surface area contributed by atoms with Gasteiger partial charge in [0.1, 0.15) is 28.7 Å². The van der Waals surface area contributed by atoms with Crippen LogP contribution < -0.4 is 11.1 Å². The van der Waals surface area contributed by atoms with Crippen molar-refractivity contribution in [2.24, 2.45) is 5.41 Å². The van der Waals surface area contributed by atoms with Gasteiger partial charge in [-0.25, -0.2) is 15.0 Å². The van der Waals surface area contributed by atoms with Gasteiger partial charge in [0.2, 0.25) is 5.91 Å². The van der Waals surface area contributed by atoms with Crippen molar-refractivity contribution in [2.45, 2.75) is 31.9 Å². The summed E-state index contributed by atoms with van der Waals surface area (Å²) in [4.78, 5) is 40.4. The number of nitrogens with two attached hydrogens (primary N) is 1. The first-order chi connectivity index (χ1) is 20.4. The number of piperidine rings is 1. The third-order valence-corrected chi connectivity index (χ3v) is 7.65. The first-order valence-corrected chi connectivity index (χ1v) is 13.5. The maximum Gasteiger partial charge on any atom is 0.416 e. The number of benzene rings is 1. The molecule has 0 saturated carbocycles. The molecule has 14 heteroatoms. The van der Waals surface area contributed by atoms with E-state index in [9.17, 15) is 33.0 Å². The van der Waals surface area contributed by atoms with Gasteiger partial charge in [0.25, 0.3) is 5.91 Å². The molecule has 1 aromatic carbocycles. The van der Waals surface area contributed by atoms with Crippen molar-refractivity contribution in [1.82, 2.24) is 24.3 Å². The van der Waals surface area contributed by atoms with Crippen molar-refractivity contribution >= 4 is 29.0 Å². The molecule has 1 fully saturated rings. The topological polar surface area (TPSA) is 159 Å². The lowest BCUT2D eigenvalue weighted by atomic mass is 9.88. The number of nitrogens with zero attached hydrogens (tertiary/aromatic N) is 5. The van der Waals surface area contributed by atoms with E-state index in [0.717, 1.165) is 24.8 Å². The molecular weight excluding hydrogens is 567 g/mol. The van der Waals surface area contributed by atoms with E-state index < -0.39 is 36.3 Å². The Bertz CT molecular complexity index is 1650. The van der Waals surface area contributed by atoms with Crippen LogP contribution in [0.15, 0.2) is 55.0 Å². The molecule has 5 rings (SSSR count). The van der Waals surface area contributed by atoms with Gasteiger partial charge in [-0.1, -0.05) is 12.1 Å². The smallest absolute Gasteiger partial charge is 0.395 e. The standard InChI is InChI=1S/C29H30F3N7O4/c1-28(15-40,16-41)27(43)38-11-2-3-19(14-38)25-37-22(23-24(33)35-10-12-39(23)25)17-4-6-18(7-5-17)26(42)36-21-13-20(8-9-34-21)29(30,31)32/h4-10,12-13,19,40-41H,2-3,11,14-16H2,1H3,(H2,33,35)(H,34,36,42). The molecule has 0 radical (unpaired) electrons. The van der Waals surface area contributed by atoms with Crippen LogP contribution in [0.25, 0.3) is 16.8 Å². The minimum absolute atomic E-state index is 0.174. The summed E-state index contributed by atoms with van der Waals surface area (Å²) in [5.41, 5.74) is 5.91. The van der Waals surface area contributed by atoms with Gasteiger partial charge in [-0.15, -0.1) is 0 Å². The lowest BCUT2D eigenvalue weighted by Crippen LogP contribution is -2.49. The Hall–Kier alpha value is -4.56. The zero-order valence-electron chi connectivity index (χ0n) is 23.2. The Labute approximate surface area is 244 Å². The van der Waals surface area contributed by atoms with Crippen LogP contribution in [0.5, 0.6) is 0 Å². The number of nitrogen functional groups attached to an aromatic ring is 1. The van der Waals surface area contributed by atoms with E-state index in [1.54, 1.807) is 29.4 Å². The molecule has 4 heterocycles. The number of carbonyl (C=O) groups excluding carboxylic acids is 2. The molecule has 1 aliphatic rings. The number of nitrogens with one attached hydrogen (secondary N) is 1. The minimum atomic E-state index is -4.57. The van der Waals surface area contributed by atoms with E-state index in [1.807, 2.05) is 4.40 Å². The summed E-state index contributed by atoms with van der Waals surface area (Å²) in [6.45, 7) is 1.38. The summed E-state index contributed by atoms with van der Waals surface area (Å²) < 4.78 is 40.9. The monoisotopic (exact) mass is 597 g/mol. The van der Waals surface area contributed by atoms with Crippen LogP contribution in [0, 0.1) is 5.41 Å². The number of aromatic nitrogens is 4. The second-order valence-electron chi connectivity index (χ2n) is 10.8. The fraction of sp³-hybridized carbons (Fsp3) is 0.345. The second-order valence-corrected chi connectivity index (χ2v) is 10.8. The number of imidazole rings is 1. The number of aliphatic hydroxyl groups excluding tert-OH is 2. The number of alkyl halides is 3. The fourth-order valence-corrected chi connectivity index (χ4v) is 5.16. The summed E-state index contributed by atoms with van der Waals surface area (Å²) in [6.07, 6.45) is 1.11. The van der Waals surface area contributed by atoms with E-state index in [2.05, 4.69) is 15.3 Å². The summed E-state index contributed by atoms with van der Waals surface area (Å²) >= 11 is 0. The van der Waals surface area contributed by atoms with Crippen LogP contribution in [-0.2, 0) is 11.0 Å². The number of anilines is 2. The Morgan fingerprint density at radius 3 is 2.49 bits per heavy atom. The number of pyridine rings is 1. The van der Waals surface area contributed by atoms with E-state index >= 15 is 0 Å². The van der Waals surface area contributed by atoms with Gasteiger partial charge in [0.05, 0.1) is 24.2 Å². The first-order valence-electron chi connectivity index (χ1n) is 13.5. The van der Waals surface area contributed by atoms with Crippen molar-refractivity contribution in [2.75, 3.05) is 37.4 Å². The van der Waals surface area contributed by atoms with Crippen LogP contribution in [0.3, 0.4) is 0 Å². The molecule has 4 aromatic rings. The molecule has 43 heavy (non-hydrogen) atoms. The molecule has 5 N–H and O–H groups in total. The number of aliphatic hydroxyl groups is 2. The molecule has 226 valence electrons. The Kier molecular flexibility index (Phi) is 8.08. The highest BCUT2D eigenvalue weighted by atomic mass is 19.4. The van der Waals surface area contributed by atoms with Crippen molar-refractivity contribution in [3.05, 3.63) is 71.9 Å². The Balaban J connectivity index is 1.42. The Morgan fingerprint density at radius 1 is 1.09 bits per heavy atom. The number of hydrogen-bond acceptors (Lipinski definition) is 8. The molecule has 1 atom stereocenters. The van der Waals surface area contributed by atoms with E-state index in [4.69, 9.17) is 10.7 Å². The number of rotatable bonds is 7. The second kappa shape index (κ2) is 11.6. The third kappa shape index (κ3) is 5.88. The summed E-state index contributed by atoms with van der Waals surface area (Å²) in [6, 6.07) is 7.91. The van der Waals surface area contributed by atoms with Gasteiger partial charge >= 0.3 is 6.18 Å². The number of hydrogen-bond donors (Lipinski definition) is 4. The van der Waals surface area contributed by atoms with Crippen molar-refractivity contribution in [1.29, 1.82) is 0 Å². The molecule has 2 amide bonds. The van der Waals surface area contributed by atoms with Gasteiger partial charge in [-0.2, -0.15) is 13.2 Å². The van der Waals surface area contributed by atoms with E-state index in [0.29, 0.717) is 42.1 Å². The number of carbonyl (C=O) groups is 2. The van der Waals surface area contributed by atoms with Gasteiger partial charge in [0.15, 0.2) is 0 Å². The normalized spacial score (nSPS) is 16.0. The van der Waals surface area contributed by atoms with Gasteiger partial charge in [-0.3, -0.25) is 14.0 Å². The van der Waals surface area contributed by atoms with Crippen LogP contribution in [0.1, 0.15) is 47.4 Å². The molecule has 11 nitrogen and oxygen atoms in total. The molecule has 1 saturated heterocycles. The molecule has 0 bridgehead atoms. The lowest BCUT2D eigenvalue weighted by Gasteiger charge is -2.37. The van der Waals surface area contributed by atoms with Crippen LogP contribution in [0.2, 0.25) is 0 Å². The average molecular weight is 598 g/mol. The highest BCUT2D eigenvalue weighted by molar-refractivity contribution is 6.04. The highest BCUT2D eigenvalue weighted by Crippen LogP contribution is 2.35. The van der Waals surface area contributed by atoms with Crippen molar-refractivity contribution in [3.8, 4) is 11.3 Å². The van der Waals surface area contributed by atoms with E-state index in [1.165, 1.54) is 19.1 Å². The van der Waals surface area contributed by atoms with Gasteiger partial charge in [0, 0.05) is 48.7 Å². The maximum atomic E-state index is 13.1. The number of amides is 2. The number of likely N-dealkylation sites (tertiary alicyclic amines) is 1. The molecular formula is C29H30F3N7O4. The van der Waals surface area contributed by atoms with Gasteiger partial charge < -0.3 is 26.2 Å². The van der Waals surface area contributed by atoms with Gasteiger partial charge in [-0.05, 0) is 44.0 Å². The largest absolute Gasteiger partial charge is 0.416 e. The van der Waals surface area contributed by atoms with Crippen LogP contribution >= 0.6 is 0 Å². The maximum absolute atomic E-state index is 13.1. The quantitative estimate of drug-likeness (QED) is 0.253. The summed E-state index contributed by atoms with van der Waals surface area (Å²) in [7, 11) is 0. The molecule has 1 aliphatic heterocycles. The van der Waals surface area contributed by atoms with Crippen molar-refractivity contribution in [3.63, 3.8) is 0 Å². The highest BCUT2D eigenvalue weighted by Gasteiger charge is 2.38. The zero-order valence-corrected chi connectivity index (χ0v) is 23.2. The molecule has 0 aliphatic carbocycles. The van der Waals surface area contributed by atoms with E-state index in [-0.39, 0.29) is 29.0 Å². The minimum Gasteiger partial charge on any atom is -0.395 e. The number of halogens is 3. The first kappa shape index (κ1) is 29.9. The predicted molar refractivity (Wildman–Crippen MR) is 151 cm³/mol. The van der Waals surface area contributed by atoms with Crippen LogP contribution in [-0.4, -0.2) is 72.6 Å². The molecule has 3 aromatic heterocycles. The third-order valence-electron chi connectivity index (χ3n) is 7.65. The Morgan fingerprint density at radius 2 is 1.81 bits per heavy atom. The lowest BCUT2D eigenvalue weighted by molar-refractivity contribution is -0.147. The zero-order chi connectivity index (χ0) is 30.9. The summed E-state index contributed by atoms with van der Waals surface area (Å²) in [5.74, 6) is -0.495. The number of fused-ring (bicyclic) bond motifs is 1. The molecule has 1 unspecified atom stereocenters. The SMILES string of the molecule is CC(CO)(CO)C(=O)N1CCCC(c2nc(-c3ccc(C(=O)Nc4cc(C(F)(F)F)ccn4)cc3)c3c(N)nccn23)C1. The fourth-order valence-electron chi connectivity index (χ4n) is 5.16. The van der Waals surface area contributed by atoms with Crippen molar-refractivity contribution < 1.29 is 33.0 Å². The van der Waals surface area contributed by atoms with Crippen LogP contribution in [0.4, 0.5) is 24.8 Å². The molecule has 0 spiro atoms.